The highest BCUT2D eigenvalue weighted by atomic mass is 16.5. The lowest BCUT2D eigenvalue weighted by atomic mass is 9.79. The van der Waals surface area contributed by atoms with Gasteiger partial charge in [0.2, 0.25) is 11.8 Å². The van der Waals surface area contributed by atoms with Crippen molar-refractivity contribution in [2.24, 2.45) is 11.8 Å². The van der Waals surface area contributed by atoms with Gasteiger partial charge in [-0.3, -0.25) is 9.59 Å². The van der Waals surface area contributed by atoms with E-state index in [0.717, 1.165) is 63.0 Å². The minimum atomic E-state index is -0.962. The number of aryl methyl sites for hydroxylation is 2. The number of nitrogens with zero attached hydrogens (tertiary/aromatic N) is 2. The molecule has 2 aromatic heterocycles. The van der Waals surface area contributed by atoms with E-state index in [1.807, 2.05) is 0 Å². The van der Waals surface area contributed by atoms with E-state index in [1.54, 1.807) is 18.3 Å². The summed E-state index contributed by atoms with van der Waals surface area (Å²) in [5.41, 5.74) is 3.11. The molecule has 1 saturated carbocycles. The second kappa shape index (κ2) is 11.3. The Kier molecular flexibility index (Phi) is 7.98. The monoisotopic (exact) mass is 466 g/mol. The Balaban J connectivity index is 1.26. The lowest BCUT2D eigenvalue weighted by molar-refractivity contribution is -0.138. The third-order valence-corrected chi connectivity index (χ3v) is 7.04. The van der Waals surface area contributed by atoms with Gasteiger partial charge in [-0.05, 0) is 74.5 Å². The molecule has 34 heavy (non-hydrogen) atoms. The highest BCUT2D eigenvalue weighted by Gasteiger charge is 2.29. The van der Waals surface area contributed by atoms with Crippen LogP contribution in [0.15, 0.2) is 30.5 Å². The molecule has 2 aliphatic rings. The first kappa shape index (κ1) is 24.0. The smallest absolute Gasteiger partial charge is 0.305 e. The summed E-state index contributed by atoms with van der Waals surface area (Å²) in [5, 5.41) is 15.7. The van der Waals surface area contributed by atoms with Crippen LogP contribution < -0.4 is 15.4 Å². The molecular formula is C26H34N4O4. The van der Waals surface area contributed by atoms with Crippen molar-refractivity contribution in [1.82, 2.24) is 15.3 Å². The summed E-state index contributed by atoms with van der Waals surface area (Å²) < 4.78 is 5.07. The summed E-state index contributed by atoms with van der Waals surface area (Å²) >= 11 is 0. The third kappa shape index (κ3) is 6.24. The summed E-state index contributed by atoms with van der Waals surface area (Å²) in [6, 6.07) is 7.18. The van der Waals surface area contributed by atoms with Crippen molar-refractivity contribution >= 4 is 17.7 Å². The van der Waals surface area contributed by atoms with E-state index in [-0.39, 0.29) is 18.2 Å². The number of carboxylic acid groups (broad SMARTS) is 1. The number of nitrogens with one attached hydrogen (secondary N) is 2. The number of fused-ring (bicyclic) bond motifs is 1. The van der Waals surface area contributed by atoms with E-state index in [0.29, 0.717) is 17.4 Å². The molecule has 1 atom stereocenters. The van der Waals surface area contributed by atoms with E-state index in [2.05, 4.69) is 27.8 Å². The summed E-state index contributed by atoms with van der Waals surface area (Å²) in [6.45, 7) is 0.998. The van der Waals surface area contributed by atoms with Crippen molar-refractivity contribution in [3.8, 4) is 5.88 Å². The number of hydrogen-bond donors (Lipinski definition) is 3. The molecule has 1 amide bonds. The first-order valence-electron chi connectivity index (χ1n) is 12.3. The highest BCUT2D eigenvalue weighted by molar-refractivity contribution is 5.80. The molecule has 0 spiro atoms. The number of aliphatic carboxylic acids is 1. The highest BCUT2D eigenvalue weighted by Crippen LogP contribution is 2.33. The van der Waals surface area contributed by atoms with Gasteiger partial charge in [-0.15, -0.1) is 0 Å². The quantitative estimate of drug-likeness (QED) is 0.513. The predicted molar refractivity (Wildman–Crippen MR) is 129 cm³/mol. The molecule has 3 heterocycles. The molecule has 0 aromatic carbocycles. The van der Waals surface area contributed by atoms with Crippen LogP contribution >= 0.6 is 0 Å². The van der Waals surface area contributed by atoms with Crippen LogP contribution in [-0.4, -0.2) is 40.6 Å². The molecular weight excluding hydrogens is 432 g/mol. The molecule has 182 valence electrons. The Bertz CT molecular complexity index is 987. The number of rotatable bonds is 9. The lowest BCUT2D eigenvalue weighted by Crippen LogP contribution is -2.36. The van der Waals surface area contributed by atoms with Crippen molar-refractivity contribution < 1.29 is 19.4 Å². The zero-order chi connectivity index (χ0) is 23.9. The maximum atomic E-state index is 12.9. The summed E-state index contributed by atoms with van der Waals surface area (Å²) in [7, 11) is 1.52. The SMILES string of the molecule is COc1ccc([C@H](CC(=O)O)NC(=O)C2CCC(CCc3ccc4c(n3)NCCC4)CC2)cn1. The third-order valence-electron chi connectivity index (χ3n) is 7.04. The Morgan fingerprint density at radius 3 is 2.74 bits per heavy atom. The maximum absolute atomic E-state index is 12.9. The van der Waals surface area contributed by atoms with Gasteiger partial charge in [-0.25, -0.2) is 9.97 Å². The lowest BCUT2D eigenvalue weighted by Gasteiger charge is -2.29. The zero-order valence-corrected chi connectivity index (χ0v) is 19.8. The molecule has 0 bridgehead atoms. The molecule has 1 aliphatic carbocycles. The molecule has 8 heteroatoms. The summed E-state index contributed by atoms with van der Waals surface area (Å²) in [4.78, 5) is 33.3. The number of carbonyl (C=O) groups is 2. The van der Waals surface area contributed by atoms with Crippen LogP contribution in [0.3, 0.4) is 0 Å². The molecule has 4 rings (SSSR count). The molecule has 1 aliphatic heterocycles. The van der Waals surface area contributed by atoms with Gasteiger partial charge in [-0.1, -0.05) is 12.1 Å². The first-order chi connectivity index (χ1) is 16.5. The number of pyridine rings is 2. The van der Waals surface area contributed by atoms with Crippen LogP contribution in [0.25, 0.3) is 0 Å². The van der Waals surface area contributed by atoms with E-state index in [4.69, 9.17) is 9.72 Å². The fraction of sp³-hybridized carbons (Fsp3) is 0.538. The number of hydrogen-bond acceptors (Lipinski definition) is 6. The molecule has 0 unspecified atom stereocenters. The molecule has 8 nitrogen and oxygen atoms in total. The summed E-state index contributed by atoms with van der Waals surface area (Å²) in [6.07, 6.45) is 9.37. The Labute approximate surface area is 200 Å². The topological polar surface area (TPSA) is 113 Å². The van der Waals surface area contributed by atoms with Gasteiger partial charge in [0.25, 0.3) is 0 Å². The second-order valence-corrected chi connectivity index (χ2v) is 9.39. The van der Waals surface area contributed by atoms with Crippen LogP contribution in [0, 0.1) is 11.8 Å². The molecule has 0 saturated heterocycles. The van der Waals surface area contributed by atoms with Crippen molar-refractivity contribution in [3.63, 3.8) is 0 Å². The second-order valence-electron chi connectivity index (χ2n) is 9.39. The Morgan fingerprint density at radius 2 is 2.03 bits per heavy atom. The average Bonchev–Trinajstić information content (AvgIpc) is 2.87. The van der Waals surface area contributed by atoms with Crippen molar-refractivity contribution in [3.05, 3.63) is 47.3 Å². The number of anilines is 1. The minimum absolute atomic E-state index is 0.0667. The summed E-state index contributed by atoms with van der Waals surface area (Å²) in [5.74, 6) is 0.982. The number of aromatic nitrogens is 2. The van der Waals surface area contributed by atoms with Gasteiger partial charge in [0.1, 0.15) is 5.82 Å². The van der Waals surface area contributed by atoms with Crippen LogP contribution in [0.4, 0.5) is 5.82 Å². The molecule has 0 radical (unpaired) electrons. The number of carbonyl (C=O) groups excluding carboxylic acids is 1. The van der Waals surface area contributed by atoms with Gasteiger partial charge in [0.05, 0.1) is 19.6 Å². The van der Waals surface area contributed by atoms with Gasteiger partial charge >= 0.3 is 5.97 Å². The molecule has 1 fully saturated rings. The van der Waals surface area contributed by atoms with E-state index in [1.165, 1.54) is 19.1 Å². The number of carboxylic acids is 1. The Hall–Kier alpha value is -3.16. The van der Waals surface area contributed by atoms with E-state index in [9.17, 15) is 14.7 Å². The largest absolute Gasteiger partial charge is 0.481 e. The first-order valence-corrected chi connectivity index (χ1v) is 12.3. The zero-order valence-electron chi connectivity index (χ0n) is 19.8. The van der Waals surface area contributed by atoms with Crippen LogP contribution in [0.2, 0.25) is 0 Å². The van der Waals surface area contributed by atoms with Crippen molar-refractivity contribution in [2.45, 2.75) is 63.8 Å². The van der Waals surface area contributed by atoms with Gasteiger partial charge in [0, 0.05) is 30.4 Å². The van der Waals surface area contributed by atoms with E-state index >= 15 is 0 Å². The predicted octanol–water partition coefficient (Wildman–Crippen LogP) is 3.91. The average molecular weight is 467 g/mol. The normalized spacial score (nSPS) is 20.5. The minimum Gasteiger partial charge on any atom is -0.481 e. The van der Waals surface area contributed by atoms with E-state index < -0.39 is 12.0 Å². The fourth-order valence-corrected chi connectivity index (χ4v) is 5.01. The van der Waals surface area contributed by atoms with Crippen LogP contribution in [0.5, 0.6) is 5.88 Å². The van der Waals surface area contributed by atoms with Crippen LogP contribution in [0.1, 0.15) is 67.8 Å². The molecule has 2 aromatic rings. The van der Waals surface area contributed by atoms with Crippen molar-refractivity contribution in [1.29, 1.82) is 0 Å². The van der Waals surface area contributed by atoms with Crippen molar-refractivity contribution in [2.75, 3.05) is 19.0 Å². The molecule has 3 N–H and O–H groups in total. The van der Waals surface area contributed by atoms with Gasteiger partial charge in [0.15, 0.2) is 0 Å². The van der Waals surface area contributed by atoms with Crippen LogP contribution in [-0.2, 0) is 22.4 Å². The Morgan fingerprint density at radius 1 is 1.21 bits per heavy atom. The number of amides is 1. The van der Waals surface area contributed by atoms with Gasteiger partial charge in [-0.2, -0.15) is 0 Å². The number of ether oxygens (including phenoxy) is 1. The fourth-order valence-electron chi connectivity index (χ4n) is 5.01. The standard InChI is InChI=1S/C26H34N4O4/c1-34-23-13-10-20(16-28-23)22(15-24(31)32)30-26(33)19-7-4-17(5-8-19)6-11-21-12-9-18-3-2-14-27-25(18)29-21/h9-10,12-13,16-17,19,22H,2-8,11,14-15H2,1H3,(H,27,29)(H,30,33)(H,31,32)/t17?,19?,22-/m0/s1. The maximum Gasteiger partial charge on any atom is 0.305 e. The van der Waals surface area contributed by atoms with Gasteiger partial charge < -0.3 is 20.5 Å². The number of methoxy groups -OCH3 is 1.